The summed E-state index contributed by atoms with van der Waals surface area (Å²) >= 11 is 0. The van der Waals surface area contributed by atoms with Crippen molar-refractivity contribution in [3.63, 3.8) is 0 Å². The summed E-state index contributed by atoms with van der Waals surface area (Å²) in [6.45, 7) is -0.320. The molecule has 7 nitrogen and oxygen atoms in total. The highest BCUT2D eigenvalue weighted by Gasteiger charge is 2.54. The first-order valence-electron chi connectivity index (χ1n) is 10.9. The van der Waals surface area contributed by atoms with E-state index in [4.69, 9.17) is 4.74 Å². The van der Waals surface area contributed by atoms with Crippen molar-refractivity contribution in [3.05, 3.63) is 101 Å². The number of carbonyl (C=O) groups is 3. The van der Waals surface area contributed by atoms with E-state index in [-0.39, 0.29) is 6.61 Å². The molecule has 0 radical (unpaired) electrons. The van der Waals surface area contributed by atoms with Gasteiger partial charge in [-0.25, -0.2) is 4.79 Å². The molecule has 0 saturated carbocycles. The standard InChI is InChI=1S/C26H23N3O4/c30-23(17-33-22-15-14-18-8-7-9-19(18)16-22)28-29-24(31)26(27-25(29)32,20-10-3-1-4-11-20)21-12-5-2-6-13-21/h1-6,10-16H,7-9,17H2,(H,27,32)(H,28,30). The van der Waals surface area contributed by atoms with Crippen molar-refractivity contribution >= 4 is 17.8 Å². The molecule has 0 bridgehead atoms. The molecular weight excluding hydrogens is 418 g/mol. The number of hydrogen-bond donors (Lipinski definition) is 2. The predicted molar refractivity (Wildman–Crippen MR) is 121 cm³/mol. The summed E-state index contributed by atoms with van der Waals surface area (Å²) in [4.78, 5) is 39.0. The van der Waals surface area contributed by atoms with Crippen LogP contribution in [0.15, 0.2) is 78.9 Å². The third-order valence-corrected chi connectivity index (χ3v) is 6.11. The first-order valence-corrected chi connectivity index (χ1v) is 10.9. The van der Waals surface area contributed by atoms with Crippen molar-refractivity contribution in [2.45, 2.75) is 24.8 Å². The lowest BCUT2D eigenvalue weighted by Gasteiger charge is -2.27. The lowest BCUT2D eigenvalue weighted by Crippen LogP contribution is -2.50. The Morgan fingerprint density at radius 1 is 0.909 bits per heavy atom. The number of imide groups is 1. The second kappa shape index (κ2) is 8.43. The van der Waals surface area contributed by atoms with Gasteiger partial charge in [0, 0.05) is 0 Å². The second-order valence-corrected chi connectivity index (χ2v) is 8.16. The summed E-state index contributed by atoms with van der Waals surface area (Å²) in [6, 6.07) is 23.0. The zero-order chi connectivity index (χ0) is 22.8. The van der Waals surface area contributed by atoms with E-state index in [9.17, 15) is 14.4 Å². The third kappa shape index (κ3) is 3.71. The molecule has 0 unspecified atom stereocenters. The first kappa shape index (κ1) is 20.8. The Kier molecular flexibility index (Phi) is 5.30. The lowest BCUT2D eigenvalue weighted by atomic mass is 9.83. The fourth-order valence-electron chi connectivity index (χ4n) is 4.51. The monoisotopic (exact) mass is 441 g/mol. The minimum Gasteiger partial charge on any atom is -0.484 e. The highest BCUT2D eigenvalue weighted by molar-refractivity contribution is 6.10. The number of nitrogens with one attached hydrogen (secondary N) is 2. The molecule has 5 rings (SSSR count). The van der Waals surface area contributed by atoms with Crippen molar-refractivity contribution in [2.75, 3.05) is 6.61 Å². The van der Waals surface area contributed by atoms with Gasteiger partial charge in [-0.1, -0.05) is 66.7 Å². The smallest absolute Gasteiger partial charge is 0.344 e. The molecule has 7 heteroatoms. The fourth-order valence-corrected chi connectivity index (χ4v) is 4.51. The Hall–Kier alpha value is -4.13. The predicted octanol–water partition coefficient (Wildman–Crippen LogP) is 3.08. The summed E-state index contributed by atoms with van der Waals surface area (Å²) in [7, 11) is 0. The number of aryl methyl sites for hydroxylation is 2. The molecule has 3 aromatic rings. The van der Waals surface area contributed by atoms with Crippen LogP contribution < -0.4 is 15.5 Å². The van der Waals surface area contributed by atoms with Crippen LogP contribution in [0.3, 0.4) is 0 Å². The molecule has 33 heavy (non-hydrogen) atoms. The molecule has 1 aliphatic heterocycles. The molecule has 1 heterocycles. The van der Waals surface area contributed by atoms with Gasteiger partial charge in [-0.3, -0.25) is 15.0 Å². The number of amides is 4. The zero-order valence-corrected chi connectivity index (χ0v) is 17.9. The molecule has 1 aliphatic carbocycles. The minimum atomic E-state index is -1.44. The van der Waals surface area contributed by atoms with Crippen LogP contribution in [0.1, 0.15) is 28.7 Å². The minimum absolute atomic E-state index is 0.320. The second-order valence-electron chi connectivity index (χ2n) is 8.16. The van der Waals surface area contributed by atoms with Crippen LogP contribution in [0.25, 0.3) is 0 Å². The van der Waals surface area contributed by atoms with Gasteiger partial charge < -0.3 is 10.1 Å². The summed E-state index contributed by atoms with van der Waals surface area (Å²) < 4.78 is 5.61. The van der Waals surface area contributed by atoms with Gasteiger partial charge in [0.15, 0.2) is 12.1 Å². The molecule has 0 atom stereocenters. The molecule has 0 aromatic heterocycles. The number of urea groups is 1. The van der Waals surface area contributed by atoms with Gasteiger partial charge in [0.25, 0.3) is 11.8 Å². The highest BCUT2D eigenvalue weighted by atomic mass is 16.5. The molecular formula is C26H23N3O4. The van der Waals surface area contributed by atoms with Crippen molar-refractivity contribution < 1.29 is 19.1 Å². The molecule has 4 amide bonds. The summed E-state index contributed by atoms with van der Waals surface area (Å²) in [6.07, 6.45) is 3.19. The number of nitrogens with zero attached hydrogens (tertiary/aromatic N) is 1. The van der Waals surface area contributed by atoms with E-state index in [0.717, 1.165) is 24.3 Å². The number of carbonyl (C=O) groups excluding carboxylic acids is 3. The van der Waals surface area contributed by atoms with Crippen LogP contribution in [-0.2, 0) is 28.0 Å². The van der Waals surface area contributed by atoms with Crippen LogP contribution in [0.2, 0.25) is 0 Å². The molecule has 0 spiro atoms. The Morgan fingerprint density at radius 3 is 2.21 bits per heavy atom. The Morgan fingerprint density at radius 2 is 1.55 bits per heavy atom. The van der Waals surface area contributed by atoms with Crippen LogP contribution in [0, 0.1) is 0 Å². The van der Waals surface area contributed by atoms with Gasteiger partial charge in [-0.2, -0.15) is 5.01 Å². The highest BCUT2D eigenvalue weighted by Crippen LogP contribution is 2.35. The van der Waals surface area contributed by atoms with Crippen molar-refractivity contribution in [2.24, 2.45) is 0 Å². The average molecular weight is 441 g/mol. The Balaban J connectivity index is 1.34. The number of rotatable bonds is 6. The van der Waals surface area contributed by atoms with E-state index >= 15 is 0 Å². The third-order valence-electron chi connectivity index (χ3n) is 6.11. The topological polar surface area (TPSA) is 87.7 Å². The van der Waals surface area contributed by atoms with E-state index in [1.165, 1.54) is 11.1 Å². The molecule has 2 aliphatic rings. The van der Waals surface area contributed by atoms with Crippen LogP contribution in [0.4, 0.5) is 4.79 Å². The van der Waals surface area contributed by atoms with Crippen molar-refractivity contribution in [1.29, 1.82) is 0 Å². The SMILES string of the molecule is O=C(COc1ccc2c(c1)CCC2)NN1C(=O)NC(c2ccccc2)(c2ccccc2)C1=O. The fraction of sp³-hybridized carbons (Fsp3) is 0.192. The maximum Gasteiger partial charge on any atom is 0.344 e. The van der Waals surface area contributed by atoms with Gasteiger partial charge in [-0.05, 0) is 53.6 Å². The number of ether oxygens (including phenoxy) is 1. The normalized spacial score (nSPS) is 16.3. The largest absolute Gasteiger partial charge is 0.484 e. The summed E-state index contributed by atoms with van der Waals surface area (Å²) in [5.74, 6) is -0.599. The van der Waals surface area contributed by atoms with Crippen LogP contribution >= 0.6 is 0 Å². The van der Waals surface area contributed by atoms with Crippen LogP contribution in [0.5, 0.6) is 5.75 Å². The van der Waals surface area contributed by atoms with E-state index in [1.807, 2.05) is 30.3 Å². The maximum atomic E-state index is 13.6. The summed E-state index contributed by atoms with van der Waals surface area (Å²) in [5, 5.41) is 3.52. The molecule has 166 valence electrons. The van der Waals surface area contributed by atoms with Crippen molar-refractivity contribution in [1.82, 2.24) is 15.8 Å². The Labute approximate surface area is 191 Å². The molecule has 2 N–H and O–H groups in total. The average Bonchev–Trinajstić information content (AvgIpc) is 3.42. The Bertz CT molecular complexity index is 1170. The molecule has 1 saturated heterocycles. The van der Waals surface area contributed by atoms with Gasteiger partial charge in [0.1, 0.15) is 5.75 Å². The van der Waals surface area contributed by atoms with Gasteiger partial charge in [0.2, 0.25) is 0 Å². The molecule has 3 aromatic carbocycles. The number of hydrazine groups is 1. The van der Waals surface area contributed by atoms with E-state index in [2.05, 4.69) is 10.7 Å². The van der Waals surface area contributed by atoms with E-state index in [1.54, 1.807) is 48.5 Å². The number of hydrogen-bond acceptors (Lipinski definition) is 4. The van der Waals surface area contributed by atoms with Gasteiger partial charge in [0.05, 0.1) is 0 Å². The van der Waals surface area contributed by atoms with Gasteiger partial charge >= 0.3 is 6.03 Å². The quantitative estimate of drug-likeness (QED) is 0.576. The van der Waals surface area contributed by atoms with Crippen LogP contribution in [-0.4, -0.2) is 29.5 Å². The van der Waals surface area contributed by atoms with Crippen molar-refractivity contribution in [3.8, 4) is 5.75 Å². The van der Waals surface area contributed by atoms with E-state index in [0.29, 0.717) is 16.9 Å². The zero-order valence-electron chi connectivity index (χ0n) is 17.9. The number of benzene rings is 3. The summed E-state index contributed by atoms with van der Waals surface area (Å²) in [5.41, 5.74) is 4.71. The molecule has 1 fully saturated rings. The maximum absolute atomic E-state index is 13.6. The van der Waals surface area contributed by atoms with E-state index < -0.39 is 23.4 Å². The van der Waals surface area contributed by atoms with Gasteiger partial charge in [-0.15, -0.1) is 0 Å². The lowest BCUT2D eigenvalue weighted by molar-refractivity contribution is -0.139. The first-order chi connectivity index (χ1) is 16.1. The number of fused-ring (bicyclic) bond motifs is 1.